The molecule has 27 heavy (non-hydrogen) atoms. The highest BCUT2D eigenvalue weighted by Crippen LogP contribution is 2.30. The number of furan rings is 1. The van der Waals surface area contributed by atoms with Gasteiger partial charge in [0.25, 0.3) is 5.91 Å². The molecule has 0 fully saturated rings. The molecule has 0 aliphatic heterocycles. The summed E-state index contributed by atoms with van der Waals surface area (Å²) in [5.74, 6) is 0.168. The molecular formula is C16H11ClF3N3O3S. The molecule has 0 aliphatic rings. The molecule has 142 valence electrons. The zero-order valence-electron chi connectivity index (χ0n) is 13.6. The topological polar surface area (TPSA) is 77.2 Å². The second kappa shape index (κ2) is 7.57. The molecule has 3 aromatic rings. The first kappa shape index (κ1) is 19.2. The van der Waals surface area contributed by atoms with E-state index in [-0.39, 0.29) is 28.1 Å². The van der Waals surface area contributed by atoms with Gasteiger partial charge in [0.2, 0.25) is 5.13 Å². The van der Waals surface area contributed by atoms with Gasteiger partial charge in [0, 0.05) is 17.1 Å². The molecule has 1 N–H and O–H groups in total. The van der Waals surface area contributed by atoms with E-state index < -0.39 is 12.3 Å². The minimum atomic E-state index is -4.80. The lowest BCUT2D eigenvalue weighted by Crippen LogP contribution is -2.17. The fourth-order valence-corrected chi connectivity index (χ4v) is 2.99. The first-order chi connectivity index (χ1) is 12.7. The summed E-state index contributed by atoms with van der Waals surface area (Å²) in [6.45, 7) is 1.57. The van der Waals surface area contributed by atoms with Gasteiger partial charge >= 0.3 is 6.36 Å². The number of amides is 1. The Labute approximate surface area is 160 Å². The van der Waals surface area contributed by atoms with E-state index in [1.165, 1.54) is 24.3 Å². The predicted octanol–water partition coefficient (Wildman–Crippen LogP) is 5.00. The fourth-order valence-electron chi connectivity index (χ4n) is 2.22. The monoisotopic (exact) mass is 417 g/mol. The van der Waals surface area contributed by atoms with E-state index >= 15 is 0 Å². The van der Waals surface area contributed by atoms with Gasteiger partial charge in [-0.3, -0.25) is 10.1 Å². The molecule has 3 rings (SSSR count). The smallest absolute Gasteiger partial charge is 0.461 e. The van der Waals surface area contributed by atoms with Crippen molar-refractivity contribution in [1.29, 1.82) is 0 Å². The molecule has 2 aromatic heterocycles. The maximum atomic E-state index is 12.4. The first-order valence-corrected chi connectivity index (χ1v) is 8.72. The molecule has 6 nitrogen and oxygen atoms in total. The minimum absolute atomic E-state index is 0.123. The van der Waals surface area contributed by atoms with Crippen molar-refractivity contribution >= 4 is 34.2 Å². The van der Waals surface area contributed by atoms with Crippen LogP contribution in [0.25, 0.3) is 11.3 Å². The number of alkyl halides is 4. The van der Waals surface area contributed by atoms with Crippen LogP contribution in [0.15, 0.2) is 34.7 Å². The Morgan fingerprint density at radius 1 is 1.37 bits per heavy atom. The van der Waals surface area contributed by atoms with E-state index in [1.54, 1.807) is 13.0 Å². The highest BCUT2D eigenvalue weighted by atomic mass is 35.5. The summed E-state index contributed by atoms with van der Waals surface area (Å²) in [5.41, 5.74) is 0.550. The molecule has 0 spiro atoms. The van der Waals surface area contributed by atoms with Crippen molar-refractivity contribution < 1.29 is 27.1 Å². The van der Waals surface area contributed by atoms with Crippen molar-refractivity contribution in [2.75, 3.05) is 5.32 Å². The third-order valence-electron chi connectivity index (χ3n) is 3.32. The van der Waals surface area contributed by atoms with E-state index in [2.05, 4.69) is 19.4 Å². The number of nitrogens with one attached hydrogen (secondary N) is 1. The summed E-state index contributed by atoms with van der Waals surface area (Å²) in [5, 5.41) is 2.85. The quantitative estimate of drug-likeness (QED) is 0.591. The van der Waals surface area contributed by atoms with Crippen LogP contribution < -0.4 is 10.1 Å². The van der Waals surface area contributed by atoms with Crippen LogP contribution >= 0.6 is 23.1 Å². The maximum Gasteiger partial charge on any atom is 0.573 e. The van der Waals surface area contributed by atoms with Crippen LogP contribution in [0, 0.1) is 6.92 Å². The van der Waals surface area contributed by atoms with Gasteiger partial charge < -0.3 is 9.15 Å². The summed E-state index contributed by atoms with van der Waals surface area (Å²) in [7, 11) is 0. The van der Waals surface area contributed by atoms with Gasteiger partial charge in [-0.05, 0) is 25.1 Å². The number of carbonyl (C=O) groups excluding carboxylic acids is 1. The minimum Gasteiger partial charge on any atom is -0.461 e. The van der Waals surface area contributed by atoms with Crippen molar-refractivity contribution in [1.82, 2.24) is 9.36 Å². The highest BCUT2D eigenvalue weighted by molar-refractivity contribution is 7.09. The molecule has 11 heteroatoms. The second-order valence-corrected chi connectivity index (χ2v) is 6.28. The Morgan fingerprint density at radius 2 is 2.15 bits per heavy atom. The molecule has 2 heterocycles. The van der Waals surface area contributed by atoms with E-state index in [4.69, 9.17) is 16.0 Å². The number of rotatable bonds is 5. The van der Waals surface area contributed by atoms with Gasteiger partial charge in [-0.25, -0.2) is 4.98 Å². The molecule has 0 unspecified atom stereocenters. The Bertz CT molecular complexity index is 971. The van der Waals surface area contributed by atoms with Crippen LogP contribution in [-0.2, 0) is 5.88 Å². The maximum absolute atomic E-state index is 12.4. The van der Waals surface area contributed by atoms with Crippen molar-refractivity contribution in [2.45, 2.75) is 19.2 Å². The summed E-state index contributed by atoms with van der Waals surface area (Å²) >= 11 is 6.60. The molecule has 0 radical (unpaired) electrons. The normalized spacial score (nSPS) is 11.4. The van der Waals surface area contributed by atoms with Crippen LogP contribution in [0.3, 0.4) is 0 Å². The summed E-state index contributed by atoms with van der Waals surface area (Å²) in [4.78, 5) is 16.4. The Hall–Kier alpha value is -2.59. The molecule has 1 amide bonds. The average molecular weight is 418 g/mol. The number of aromatic nitrogens is 2. The van der Waals surface area contributed by atoms with Crippen molar-refractivity contribution in [3.8, 4) is 17.1 Å². The van der Waals surface area contributed by atoms with Gasteiger partial charge in [-0.15, -0.1) is 24.8 Å². The summed E-state index contributed by atoms with van der Waals surface area (Å²) in [6, 6.07) is 6.71. The van der Waals surface area contributed by atoms with E-state index in [9.17, 15) is 18.0 Å². The lowest BCUT2D eigenvalue weighted by atomic mass is 10.1. The number of aryl methyl sites for hydroxylation is 1. The largest absolute Gasteiger partial charge is 0.573 e. The molecule has 0 bridgehead atoms. The van der Waals surface area contributed by atoms with Gasteiger partial charge in [-0.2, -0.15) is 4.37 Å². The van der Waals surface area contributed by atoms with Crippen LogP contribution in [0.4, 0.5) is 18.3 Å². The molecule has 1 aromatic carbocycles. The Morgan fingerprint density at radius 3 is 2.81 bits per heavy atom. The van der Waals surface area contributed by atoms with E-state index in [0.717, 1.165) is 11.5 Å². The SMILES string of the molecule is Cc1oc(-c2cccc(OC(F)(F)F)c2)cc1C(=O)Nc1nc(CCl)ns1. The zero-order valence-corrected chi connectivity index (χ0v) is 15.2. The summed E-state index contributed by atoms with van der Waals surface area (Å²) in [6.07, 6.45) is -4.80. The van der Waals surface area contributed by atoms with Gasteiger partial charge in [0.15, 0.2) is 5.82 Å². The van der Waals surface area contributed by atoms with Crippen LogP contribution in [0.1, 0.15) is 21.9 Å². The fraction of sp³-hybridized carbons (Fsp3) is 0.188. The molecule has 0 atom stereocenters. The lowest BCUT2D eigenvalue weighted by molar-refractivity contribution is -0.274. The van der Waals surface area contributed by atoms with Crippen LogP contribution in [0.2, 0.25) is 0 Å². The Balaban J connectivity index is 1.81. The second-order valence-electron chi connectivity index (χ2n) is 5.26. The average Bonchev–Trinajstić information content (AvgIpc) is 3.20. The van der Waals surface area contributed by atoms with Crippen LogP contribution in [0.5, 0.6) is 5.75 Å². The number of nitrogens with zero attached hydrogens (tertiary/aromatic N) is 2. The molecular weight excluding hydrogens is 407 g/mol. The third-order valence-corrected chi connectivity index (χ3v) is 4.23. The van der Waals surface area contributed by atoms with Crippen molar-refractivity contribution in [2.24, 2.45) is 0 Å². The molecule has 0 aliphatic carbocycles. The zero-order chi connectivity index (χ0) is 19.6. The van der Waals surface area contributed by atoms with E-state index in [1.807, 2.05) is 0 Å². The molecule has 0 saturated carbocycles. The number of halogens is 4. The van der Waals surface area contributed by atoms with E-state index in [0.29, 0.717) is 17.1 Å². The first-order valence-electron chi connectivity index (χ1n) is 7.41. The lowest BCUT2D eigenvalue weighted by Gasteiger charge is -2.09. The molecule has 0 saturated heterocycles. The predicted molar refractivity (Wildman–Crippen MR) is 93.0 cm³/mol. The number of anilines is 1. The number of hydrogen-bond donors (Lipinski definition) is 1. The standard InChI is InChI=1S/C16H11ClF3N3O3S/c1-8-11(14(24)22-15-21-13(7-17)23-27-15)6-12(25-8)9-3-2-4-10(5-9)26-16(18,19)20/h2-6H,7H2,1H3,(H,21,22,23,24). The van der Waals surface area contributed by atoms with Crippen LogP contribution in [-0.4, -0.2) is 21.6 Å². The number of hydrogen-bond acceptors (Lipinski definition) is 6. The van der Waals surface area contributed by atoms with Gasteiger partial charge in [0.1, 0.15) is 17.3 Å². The number of ether oxygens (including phenoxy) is 1. The third kappa shape index (κ3) is 4.77. The highest BCUT2D eigenvalue weighted by Gasteiger charge is 2.31. The summed E-state index contributed by atoms with van der Waals surface area (Å²) < 4.78 is 50.5. The van der Waals surface area contributed by atoms with Gasteiger partial charge in [-0.1, -0.05) is 12.1 Å². The number of carbonyl (C=O) groups is 1. The Kier molecular flexibility index (Phi) is 5.38. The van der Waals surface area contributed by atoms with Gasteiger partial charge in [0.05, 0.1) is 11.4 Å². The van der Waals surface area contributed by atoms with Crippen molar-refractivity contribution in [3.63, 3.8) is 0 Å². The van der Waals surface area contributed by atoms with Crippen molar-refractivity contribution in [3.05, 3.63) is 47.5 Å². The number of benzene rings is 1.